The molecule has 1 spiro atoms. The molecule has 202 valence electrons. The number of ether oxygens (including phenoxy) is 3. The maximum absolute atomic E-state index is 13.2. The minimum Gasteiger partial charge on any atom is -0.445 e. The third-order valence-electron chi connectivity index (χ3n) is 8.15. The van der Waals surface area contributed by atoms with E-state index in [1.807, 2.05) is 60.9 Å². The highest BCUT2D eigenvalue weighted by molar-refractivity contribution is 5.71. The van der Waals surface area contributed by atoms with E-state index in [2.05, 4.69) is 0 Å². The van der Waals surface area contributed by atoms with Gasteiger partial charge in [0.15, 0.2) is 0 Å². The van der Waals surface area contributed by atoms with Crippen molar-refractivity contribution in [2.45, 2.75) is 102 Å². The summed E-state index contributed by atoms with van der Waals surface area (Å²) in [7, 11) is 0. The number of amides is 3. The Morgan fingerprint density at radius 1 is 0.946 bits per heavy atom. The predicted molar refractivity (Wildman–Crippen MR) is 136 cm³/mol. The van der Waals surface area contributed by atoms with Crippen LogP contribution in [0.1, 0.15) is 71.3 Å². The van der Waals surface area contributed by atoms with Crippen molar-refractivity contribution in [1.29, 1.82) is 0 Å². The number of nitrogens with zero attached hydrogens (tertiary/aromatic N) is 3. The Kier molecular flexibility index (Phi) is 6.98. The van der Waals surface area contributed by atoms with Crippen molar-refractivity contribution < 1.29 is 28.6 Å². The fourth-order valence-corrected chi connectivity index (χ4v) is 6.41. The fraction of sp³-hybridized carbons (Fsp3) is 0.679. The summed E-state index contributed by atoms with van der Waals surface area (Å²) in [6, 6.07) is 9.84. The van der Waals surface area contributed by atoms with Gasteiger partial charge in [0.2, 0.25) is 0 Å². The van der Waals surface area contributed by atoms with E-state index >= 15 is 0 Å². The molecule has 2 unspecified atom stereocenters. The summed E-state index contributed by atoms with van der Waals surface area (Å²) in [5.74, 6) is 0. The zero-order valence-corrected chi connectivity index (χ0v) is 22.2. The molecule has 2 atom stereocenters. The first kappa shape index (κ1) is 25.7. The lowest BCUT2D eigenvalue weighted by molar-refractivity contribution is -0.103. The van der Waals surface area contributed by atoms with Gasteiger partial charge < -0.3 is 28.9 Å². The minimum absolute atomic E-state index is 0.0402. The first-order valence-electron chi connectivity index (χ1n) is 13.6. The number of rotatable bonds is 3. The quantitative estimate of drug-likeness (QED) is 0.533. The normalized spacial score (nSPS) is 28.3. The Bertz CT molecular complexity index is 987. The van der Waals surface area contributed by atoms with Crippen LogP contribution < -0.4 is 0 Å². The van der Waals surface area contributed by atoms with Crippen molar-refractivity contribution >= 4 is 18.3 Å². The van der Waals surface area contributed by atoms with Crippen molar-refractivity contribution in [3.8, 4) is 0 Å². The minimum atomic E-state index is -0.521. The number of hydrogen-bond donors (Lipinski definition) is 0. The van der Waals surface area contributed by atoms with E-state index in [-0.39, 0.29) is 43.0 Å². The molecule has 37 heavy (non-hydrogen) atoms. The lowest BCUT2D eigenvalue weighted by Crippen LogP contribution is -2.61. The molecular formula is C28H39N3O6. The van der Waals surface area contributed by atoms with Gasteiger partial charge in [-0.3, -0.25) is 0 Å². The molecule has 1 aromatic carbocycles. The molecule has 0 N–H and O–H groups in total. The van der Waals surface area contributed by atoms with E-state index in [0.29, 0.717) is 45.3 Å². The molecule has 0 saturated carbocycles. The molecule has 2 bridgehead atoms. The number of carbonyl (C=O) groups excluding carboxylic acids is 3. The lowest BCUT2D eigenvalue weighted by Gasteiger charge is -2.50. The van der Waals surface area contributed by atoms with Crippen LogP contribution in [0.2, 0.25) is 0 Å². The number of hydrogen-bond acceptors (Lipinski definition) is 6. The number of benzene rings is 1. The van der Waals surface area contributed by atoms with Crippen LogP contribution in [-0.2, 0) is 20.8 Å². The number of fused-ring (bicyclic) bond motifs is 2. The van der Waals surface area contributed by atoms with Crippen molar-refractivity contribution in [3.63, 3.8) is 0 Å². The van der Waals surface area contributed by atoms with Gasteiger partial charge in [0, 0.05) is 57.0 Å². The number of carbonyl (C=O) groups is 3. The van der Waals surface area contributed by atoms with E-state index in [9.17, 15) is 14.4 Å². The first-order chi connectivity index (χ1) is 17.6. The largest absolute Gasteiger partial charge is 0.445 e. The van der Waals surface area contributed by atoms with Gasteiger partial charge in [-0.1, -0.05) is 30.3 Å². The molecule has 0 radical (unpaired) electrons. The summed E-state index contributed by atoms with van der Waals surface area (Å²) in [5.41, 5.74) is -0.0609. The summed E-state index contributed by atoms with van der Waals surface area (Å²) >= 11 is 0. The molecular weight excluding hydrogens is 474 g/mol. The van der Waals surface area contributed by atoms with E-state index in [4.69, 9.17) is 14.2 Å². The highest BCUT2D eigenvalue weighted by atomic mass is 16.6. The van der Waals surface area contributed by atoms with Gasteiger partial charge >= 0.3 is 18.3 Å². The zero-order valence-electron chi connectivity index (χ0n) is 22.2. The van der Waals surface area contributed by atoms with Gasteiger partial charge in [-0.05, 0) is 52.0 Å². The van der Waals surface area contributed by atoms with Crippen LogP contribution in [-0.4, -0.2) is 81.9 Å². The molecule has 4 saturated heterocycles. The zero-order chi connectivity index (χ0) is 26.2. The molecule has 4 aliphatic rings. The molecule has 4 heterocycles. The van der Waals surface area contributed by atoms with Crippen molar-refractivity contribution in [3.05, 3.63) is 35.9 Å². The fourth-order valence-electron chi connectivity index (χ4n) is 6.41. The third-order valence-corrected chi connectivity index (χ3v) is 8.15. The highest BCUT2D eigenvalue weighted by Gasteiger charge is 2.54. The molecule has 4 aliphatic heterocycles. The summed E-state index contributed by atoms with van der Waals surface area (Å²) in [5, 5.41) is 0. The smallest absolute Gasteiger partial charge is 0.410 e. The SMILES string of the molecule is CC(C)(C)OC(=O)N1CCC(N2CCC3(CC4CCC(C3)N4C(=O)OCc3ccccc3)OC2=O)CC1. The lowest BCUT2D eigenvalue weighted by atomic mass is 9.82. The molecule has 3 amide bonds. The van der Waals surface area contributed by atoms with Gasteiger partial charge in [-0.25, -0.2) is 14.4 Å². The van der Waals surface area contributed by atoms with E-state index in [1.165, 1.54) is 0 Å². The second kappa shape index (κ2) is 10.1. The summed E-state index contributed by atoms with van der Waals surface area (Å²) < 4.78 is 17.3. The maximum atomic E-state index is 13.2. The van der Waals surface area contributed by atoms with Crippen molar-refractivity contribution in [2.24, 2.45) is 0 Å². The van der Waals surface area contributed by atoms with Crippen LogP contribution >= 0.6 is 0 Å². The predicted octanol–water partition coefficient (Wildman–Crippen LogP) is 4.93. The standard InChI is InChI=1S/C28H39N3O6/c1-27(2,3)36-24(32)29-14-11-21(12-15-29)30-16-13-28(37-25(30)33)17-22-9-10-23(18-28)31(22)26(34)35-19-20-7-5-4-6-8-20/h4-8,21-23H,9-19H2,1-3H3. The molecule has 0 aliphatic carbocycles. The van der Waals surface area contributed by atoms with E-state index in [0.717, 1.165) is 24.8 Å². The molecule has 1 aromatic rings. The summed E-state index contributed by atoms with van der Waals surface area (Å²) in [4.78, 5) is 43.9. The van der Waals surface area contributed by atoms with Gasteiger partial charge in [0.25, 0.3) is 0 Å². The Morgan fingerprint density at radius 3 is 2.19 bits per heavy atom. The highest BCUT2D eigenvalue weighted by Crippen LogP contribution is 2.46. The average Bonchev–Trinajstić information content (AvgIpc) is 3.14. The van der Waals surface area contributed by atoms with Gasteiger partial charge in [-0.15, -0.1) is 0 Å². The number of likely N-dealkylation sites (tertiary alicyclic amines) is 1. The maximum Gasteiger partial charge on any atom is 0.410 e. The Balaban J connectivity index is 1.13. The van der Waals surface area contributed by atoms with Crippen molar-refractivity contribution in [1.82, 2.24) is 14.7 Å². The monoisotopic (exact) mass is 513 g/mol. The molecule has 9 nitrogen and oxygen atoms in total. The van der Waals surface area contributed by atoms with Crippen LogP contribution in [0.15, 0.2) is 30.3 Å². The molecule has 0 aromatic heterocycles. The molecule has 5 rings (SSSR count). The van der Waals surface area contributed by atoms with Crippen LogP contribution in [0.4, 0.5) is 14.4 Å². The topological polar surface area (TPSA) is 88.6 Å². The van der Waals surface area contributed by atoms with Crippen LogP contribution in [0.25, 0.3) is 0 Å². The summed E-state index contributed by atoms with van der Waals surface area (Å²) in [6.45, 7) is 7.63. The average molecular weight is 514 g/mol. The van der Waals surface area contributed by atoms with Crippen LogP contribution in [0, 0.1) is 0 Å². The van der Waals surface area contributed by atoms with Gasteiger partial charge in [-0.2, -0.15) is 0 Å². The van der Waals surface area contributed by atoms with Gasteiger partial charge in [0.05, 0.1) is 0 Å². The summed E-state index contributed by atoms with van der Waals surface area (Å²) in [6.07, 6.45) is 4.53. The number of piperidine rings is 2. The Morgan fingerprint density at radius 2 is 1.59 bits per heavy atom. The molecule has 9 heteroatoms. The second-order valence-electron chi connectivity index (χ2n) is 11.9. The van der Waals surface area contributed by atoms with Crippen molar-refractivity contribution in [2.75, 3.05) is 19.6 Å². The second-order valence-corrected chi connectivity index (χ2v) is 11.9. The van der Waals surface area contributed by atoms with Gasteiger partial charge in [0.1, 0.15) is 17.8 Å². The Hall–Kier alpha value is -2.97. The van der Waals surface area contributed by atoms with E-state index in [1.54, 1.807) is 4.90 Å². The van der Waals surface area contributed by atoms with E-state index < -0.39 is 11.2 Å². The molecule has 4 fully saturated rings. The van der Waals surface area contributed by atoms with Crippen LogP contribution in [0.5, 0.6) is 0 Å². The first-order valence-corrected chi connectivity index (χ1v) is 13.6. The third kappa shape index (κ3) is 5.65. The Labute approximate surface area is 219 Å². The van der Waals surface area contributed by atoms with Crippen LogP contribution in [0.3, 0.4) is 0 Å².